The summed E-state index contributed by atoms with van der Waals surface area (Å²) in [7, 11) is -5.07. The topological polar surface area (TPSA) is 178 Å². The standard InChI is InChI=1S/C59H112O12S/c1-3-5-7-9-11-13-15-17-19-21-23-24-25-26-27-28-29-31-33-35-37-39-41-43-45-47-49-67-51-53(52-68-59-57(63)58(71-72(64,65)66)56(62)54(50-60)70-59)69-55(61)48-46-44-42-40-38-36-34-32-30-22-20-18-16-14-12-10-8-6-4-2/h12,14,18,20,53-54,56-60,62-63H,3-11,13,15-17,19,21-52H2,1-2H3,(H,64,65,66)/b14-12-,20-18-. The Morgan fingerprint density at radius 3 is 1.35 bits per heavy atom. The lowest BCUT2D eigenvalue weighted by Crippen LogP contribution is -2.60. The third kappa shape index (κ3) is 42.8. The van der Waals surface area contributed by atoms with E-state index in [0.717, 1.165) is 51.4 Å². The highest BCUT2D eigenvalue weighted by atomic mass is 32.3. The number of esters is 1. The zero-order valence-corrected chi connectivity index (χ0v) is 47.1. The Balaban J connectivity index is 2.25. The lowest BCUT2D eigenvalue weighted by Gasteiger charge is -2.41. The minimum Gasteiger partial charge on any atom is -0.457 e. The van der Waals surface area contributed by atoms with E-state index >= 15 is 0 Å². The van der Waals surface area contributed by atoms with E-state index in [2.05, 4.69) is 42.3 Å². The summed E-state index contributed by atoms with van der Waals surface area (Å²) in [6, 6.07) is 0. The maximum absolute atomic E-state index is 13.0. The molecule has 6 unspecified atom stereocenters. The molecule has 0 aromatic rings. The van der Waals surface area contributed by atoms with Gasteiger partial charge < -0.3 is 34.3 Å². The smallest absolute Gasteiger partial charge is 0.397 e. The van der Waals surface area contributed by atoms with Crippen molar-refractivity contribution in [3.63, 3.8) is 0 Å². The van der Waals surface area contributed by atoms with Crippen molar-refractivity contribution >= 4 is 16.4 Å². The van der Waals surface area contributed by atoms with Gasteiger partial charge in [-0.3, -0.25) is 9.35 Å². The van der Waals surface area contributed by atoms with Gasteiger partial charge in [0.05, 0.1) is 19.8 Å². The largest absolute Gasteiger partial charge is 0.457 e. The molecule has 1 aliphatic rings. The molecular formula is C59H112O12S. The Hall–Kier alpha value is -1.42. The average molecular weight is 1050 g/mol. The molecule has 0 amide bonds. The van der Waals surface area contributed by atoms with Gasteiger partial charge >= 0.3 is 16.4 Å². The molecule has 4 N–H and O–H groups in total. The summed E-state index contributed by atoms with van der Waals surface area (Å²) >= 11 is 0. The number of rotatable bonds is 54. The molecule has 72 heavy (non-hydrogen) atoms. The van der Waals surface area contributed by atoms with Crippen molar-refractivity contribution in [1.82, 2.24) is 0 Å². The van der Waals surface area contributed by atoms with E-state index < -0.39 is 59.8 Å². The van der Waals surface area contributed by atoms with Crippen molar-refractivity contribution in [2.45, 2.75) is 320 Å². The predicted molar refractivity (Wildman–Crippen MR) is 294 cm³/mol. The molecule has 1 heterocycles. The molecule has 0 saturated carbocycles. The molecule has 1 fully saturated rings. The molecule has 0 aromatic heterocycles. The van der Waals surface area contributed by atoms with Crippen LogP contribution in [0.2, 0.25) is 0 Å². The van der Waals surface area contributed by atoms with Crippen LogP contribution >= 0.6 is 0 Å². The van der Waals surface area contributed by atoms with Crippen molar-refractivity contribution in [3.8, 4) is 0 Å². The quantitative estimate of drug-likeness (QED) is 0.0196. The number of aliphatic hydroxyl groups excluding tert-OH is 3. The second kappa shape index (κ2) is 50.4. The van der Waals surface area contributed by atoms with Gasteiger partial charge in [0.1, 0.15) is 30.5 Å². The number of allylic oxidation sites excluding steroid dienone is 4. The molecule has 0 spiro atoms. The maximum Gasteiger partial charge on any atom is 0.397 e. The Morgan fingerprint density at radius 1 is 0.528 bits per heavy atom. The first kappa shape index (κ1) is 68.6. The van der Waals surface area contributed by atoms with E-state index in [-0.39, 0.29) is 19.6 Å². The van der Waals surface area contributed by atoms with Crippen molar-refractivity contribution in [2.75, 3.05) is 26.4 Å². The molecule has 0 bridgehead atoms. The zero-order chi connectivity index (χ0) is 52.4. The van der Waals surface area contributed by atoms with Gasteiger partial charge in [0.15, 0.2) is 6.29 Å². The summed E-state index contributed by atoms with van der Waals surface area (Å²) in [4.78, 5) is 13.0. The van der Waals surface area contributed by atoms with Gasteiger partial charge in [0, 0.05) is 13.0 Å². The maximum atomic E-state index is 13.0. The highest BCUT2D eigenvalue weighted by Crippen LogP contribution is 2.26. The summed E-state index contributed by atoms with van der Waals surface area (Å²) in [5.74, 6) is -0.397. The van der Waals surface area contributed by atoms with Crippen molar-refractivity contribution < 1.29 is 56.2 Å². The SMILES string of the molecule is CCCCC/C=C\C/C=C\CCCCCCCCCCCC(=O)OC(COCCCCCCCCCCCCCCCCCCCCCCCCCCCC)COC1OC(CO)C(O)C(OS(=O)(=O)O)C1O. The first-order valence-corrected chi connectivity index (χ1v) is 31.5. The van der Waals surface area contributed by atoms with E-state index in [9.17, 15) is 33.1 Å². The van der Waals surface area contributed by atoms with Crippen LogP contribution in [0.1, 0.15) is 284 Å². The second-order valence-electron chi connectivity index (χ2n) is 20.9. The minimum absolute atomic E-state index is 0.0395. The second-order valence-corrected chi connectivity index (χ2v) is 22.0. The fourth-order valence-corrected chi connectivity index (χ4v) is 10.0. The minimum atomic E-state index is -5.07. The number of hydrogen-bond acceptors (Lipinski definition) is 11. The van der Waals surface area contributed by atoms with E-state index in [4.69, 9.17) is 18.9 Å². The monoisotopic (exact) mass is 1040 g/mol. The van der Waals surface area contributed by atoms with Crippen LogP contribution in [0.3, 0.4) is 0 Å². The number of carbonyl (C=O) groups is 1. The lowest BCUT2D eigenvalue weighted by molar-refractivity contribution is -0.301. The van der Waals surface area contributed by atoms with Gasteiger partial charge in [-0.05, 0) is 44.9 Å². The molecule has 12 nitrogen and oxygen atoms in total. The Morgan fingerprint density at radius 2 is 0.917 bits per heavy atom. The highest BCUT2D eigenvalue weighted by molar-refractivity contribution is 7.80. The third-order valence-corrected chi connectivity index (χ3v) is 14.5. The van der Waals surface area contributed by atoms with Crippen LogP contribution in [0.5, 0.6) is 0 Å². The molecule has 6 atom stereocenters. The van der Waals surface area contributed by atoms with Crippen LogP contribution in [0.15, 0.2) is 24.3 Å². The van der Waals surface area contributed by atoms with Gasteiger partial charge in [-0.15, -0.1) is 0 Å². The number of ether oxygens (including phenoxy) is 4. The summed E-state index contributed by atoms with van der Waals surface area (Å²) in [5, 5.41) is 30.9. The van der Waals surface area contributed by atoms with Crippen molar-refractivity contribution in [3.05, 3.63) is 24.3 Å². The number of aliphatic hydroxyl groups is 3. The number of unbranched alkanes of at least 4 members (excludes halogenated alkanes) is 37. The number of hydrogen-bond donors (Lipinski definition) is 4. The first-order valence-electron chi connectivity index (χ1n) is 30.1. The third-order valence-electron chi connectivity index (χ3n) is 14.1. The highest BCUT2D eigenvalue weighted by Gasteiger charge is 2.48. The van der Waals surface area contributed by atoms with E-state index in [1.807, 2.05) is 0 Å². The molecule has 1 saturated heterocycles. The summed E-state index contributed by atoms with van der Waals surface area (Å²) in [6.45, 7) is 4.03. The van der Waals surface area contributed by atoms with Crippen molar-refractivity contribution in [1.29, 1.82) is 0 Å². The molecule has 13 heteroatoms. The molecule has 426 valence electrons. The Bertz CT molecular complexity index is 1340. The van der Waals surface area contributed by atoms with E-state index in [1.165, 1.54) is 205 Å². The number of carbonyl (C=O) groups excluding carboxylic acids is 1. The van der Waals surface area contributed by atoms with Gasteiger partial charge in [-0.25, -0.2) is 4.18 Å². The van der Waals surface area contributed by atoms with E-state index in [1.54, 1.807) is 0 Å². The Kier molecular flexibility index (Phi) is 48.0. The van der Waals surface area contributed by atoms with Gasteiger partial charge in [-0.2, -0.15) is 8.42 Å². The fraction of sp³-hybridized carbons (Fsp3) is 0.915. The van der Waals surface area contributed by atoms with Gasteiger partial charge in [0.2, 0.25) is 0 Å². The summed E-state index contributed by atoms with van der Waals surface area (Å²) in [6.07, 6.45) is 52.2. The molecule has 0 aliphatic carbocycles. The first-order chi connectivity index (χ1) is 35.1. The zero-order valence-electron chi connectivity index (χ0n) is 46.3. The lowest BCUT2D eigenvalue weighted by atomic mass is 9.99. The van der Waals surface area contributed by atoms with Crippen LogP contribution in [-0.4, -0.2) is 97.5 Å². The van der Waals surface area contributed by atoms with Crippen LogP contribution in [0, 0.1) is 0 Å². The molecule has 0 aromatic carbocycles. The van der Waals surface area contributed by atoms with E-state index in [0.29, 0.717) is 13.0 Å². The Labute approximate surface area is 441 Å². The average Bonchev–Trinajstić information content (AvgIpc) is 3.36. The molecule has 1 rings (SSSR count). The molecule has 1 aliphatic heterocycles. The fourth-order valence-electron chi connectivity index (χ4n) is 9.53. The van der Waals surface area contributed by atoms with Gasteiger partial charge in [0.25, 0.3) is 0 Å². The summed E-state index contributed by atoms with van der Waals surface area (Å²) < 4.78 is 59.5. The van der Waals surface area contributed by atoms with Crippen LogP contribution in [-0.2, 0) is 38.3 Å². The molecule has 0 radical (unpaired) electrons. The molecular weight excluding hydrogens is 933 g/mol. The van der Waals surface area contributed by atoms with Crippen LogP contribution < -0.4 is 0 Å². The van der Waals surface area contributed by atoms with Gasteiger partial charge in [-0.1, -0.05) is 256 Å². The summed E-state index contributed by atoms with van der Waals surface area (Å²) in [5.41, 5.74) is 0. The van der Waals surface area contributed by atoms with Crippen LogP contribution in [0.25, 0.3) is 0 Å². The van der Waals surface area contributed by atoms with Crippen LogP contribution in [0.4, 0.5) is 0 Å². The predicted octanol–water partition coefficient (Wildman–Crippen LogP) is 15.1. The normalized spacial score (nSPS) is 19.0. The van der Waals surface area contributed by atoms with Crippen molar-refractivity contribution in [2.24, 2.45) is 0 Å².